The van der Waals surface area contributed by atoms with Crippen LogP contribution in [-0.4, -0.2) is 19.5 Å². The summed E-state index contributed by atoms with van der Waals surface area (Å²) in [7, 11) is 0. The topological polar surface area (TPSA) is 80.5 Å². The predicted molar refractivity (Wildman–Crippen MR) is 157 cm³/mol. The van der Waals surface area contributed by atoms with E-state index in [1.165, 1.54) is 0 Å². The third-order valence-electron chi connectivity index (χ3n) is 7.32. The molecule has 0 aliphatic carbocycles. The maximum Gasteiger partial charge on any atom is 0.238 e. The van der Waals surface area contributed by atoms with E-state index in [4.69, 9.17) is 19.4 Å². The molecule has 0 N–H and O–H groups in total. The molecule has 186 valence electrons. The standard InChI is InChI=1S/C34H19N5O/c35-20-22-12-8-18-28-30(22)31-25(15-9-19-29(31)40-28)33-36-32(21-10-2-1-3-11-21)37-34(38-33)39-26-16-6-4-13-23(26)24-14-5-7-17-27(24)39/h1-19H. The largest absolute Gasteiger partial charge is 0.456 e. The number of hydrogen-bond acceptors (Lipinski definition) is 5. The molecule has 0 atom stereocenters. The summed E-state index contributed by atoms with van der Waals surface area (Å²) in [6.07, 6.45) is 0. The fraction of sp³-hybridized carbons (Fsp3) is 0. The molecule has 3 heterocycles. The fourth-order valence-electron chi connectivity index (χ4n) is 5.59. The molecular formula is C34H19N5O. The van der Waals surface area contributed by atoms with Gasteiger partial charge in [0.1, 0.15) is 11.2 Å². The van der Waals surface area contributed by atoms with Crippen LogP contribution < -0.4 is 0 Å². The molecule has 0 aliphatic heterocycles. The van der Waals surface area contributed by atoms with Crippen molar-refractivity contribution in [2.75, 3.05) is 0 Å². The number of hydrogen-bond donors (Lipinski definition) is 0. The lowest BCUT2D eigenvalue weighted by Crippen LogP contribution is -2.06. The zero-order valence-electron chi connectivity index (χ0n) is 21.1. The molecule has 8 aromatic rings. The van der Waals surface area contributed by atoms with Gasteiger partial charge >= 0.3 is 0 Å². The Balaban J connectivity index is 1.49. The average molecular weight is 514 g/mol. The molecule has 6 nitrogen and oxygen atoms in total. The lowest BCUT2D eigenvalue weighted by atomic mass is 10.0. The summed E-state index contributed by atoms with van der Waals surface area (Å²) in [6.45, 7) is 0. The zero-order valence-corrected chi connectivity index (χ0v) is 21.1. The summed E-state index contributed by atoms with van der Waals surface area (Å²) in [5, 5.41) is 13.7. The molecule has 0 saturated heterocycles. The van der Waals surface area contributed by atoms with Gasteiger partial charge in [0, 0.05) is 32.7 Å². The van der Waals surface area contributed by atoms with Gasteiger partial charge in [0.25, 0.3) is 0 Å². The maximum atomic E-state index is 9.90. The van der Waals surface area contributed by atoms with E-state index in [1.807, 2.05) is 84.9 Å². The Labute approximate surface area is 228 Å². The zero-order chi connectivity index (χ0) is 26.6. The van der Waals surface area contributed by atoms with Crippen molar-refractivity contribution in [1.82, 2.24) is 19.5 Å². The Hall–Kier alpha value is -5.80. The number of aromatic nitrogens is 4. The minimum Gasteiger partial charge on any atom is -0.456 e. The van der Waals surface area contributed by atoms with Crippen molar-refractivity contribution in [3.63, 3.8) is 0 Å². The van der Waals surface area contributed by atoms with Crippen LogP contribution in [0.25, 0.3) is 72.5 Å². The number of furan rings is 1. The van der Waals surface area contributed by atoms with Crippen LogP contribution in [0.2, 0.25) is 0 Å². The van der Waals surface area contributed by atoms with E-state index >= 15 is 0 Å². The predicted octanol–water partition coefficient (Wildman–Crippen LogP) is 8.07. The molecule has 0 aliphatic rings. The molecule has 0 saturated carbocycles. The number of para-hydroxylation sites is 2. The van der Waals surface area contributed by atoms with E-state index < -0.39 is 0 Å². The van der Waals surface area contributed by atoms with Gasteiger partial charge in [0.05, 0.1) is 22.7 Å². The molecular weight excluding hydrogens is 494 g/mol. The Morgan fingerprint density at radius 3 is 1.93 bits per heavy atom. The molecule has 0 radical (unpaired) electrons. The highest BCUT2D eigenvalue weighted by Crippen LogP contribution is 2.38. The average Bonchev–Trinajstić information content (AvgIpc) is 3.57. The van der Waals surface area contributed by atoms with Gasteiger partial charge in [0.15, 0.2) is 11.6 Å². The van der Waals surface area contributed by atoms with Crippen molar-refractivity contribution in [2.45, 2.75) is 0 Å². The van der Waals surface area contributed by atoms with Gasteiger partial charge in [-0.2, -0.15) is 15.2 Å². The molecule has 3 aromatic heterocycles. The minimum absolute atomic E-state index is 0.506. The summed E-state index contributed by atoms with van der Waals surface area (Å²) < 4.78 is 8.26. The molecule has 0 unspecified atom stereocenters. The maximum absolute atomic E-state index is 9.90. The minimum atomic E-state index is 0.506. The van der Waals surface area contributed by atoms with Crippen molar-refractivity contribution < 1.29 is 4.42 Å². The third kappa shape index (κ3) is 3.25. The van der Waals surface area contributed by atoms with Gasteiger partial charge in [-0.15, -0.1) is 0 Å². The normalized spacial score (nSPS) is 11.5. The molecule has 6 heteroatoms. The van der Waals surface area contributed by atoms with E-state index in [2.05, 4.69) is 34.9 Å². The van der Waals surface area contributed by atoms with Crippen LogP contribution >= 0.6 is 0 Å². The van der Waals surface area contributed by atoms with E-state index in [9.17, 15) is 5.26 Å². The van der Waals surface area contributed by atoms with E-state index in [0.717, 1.165) is 43.7 Å². The first-order valence-corrected chi connectivity index (χ1v) is 12.9. The molecule has 0 amide bonds. The van der Waals surface area contributed by atoms with Gasteiger partial charge in [0.2, 0.25) is 5.95 Å². The van der Waals surface area contributed by atoms with Crippen LogP contribution in [0.5, 0.6) is 0 Å². The van der Waals surface area contributed by atoms with E-state index in [-0.39, 0.29) is 0 Å². The van der Waals surface area contributed by atoms with Crippen LogP contribution in [0.4, 0.5) is 0 Å². The number of rotatable bonds is 3. The fourth-order valence-corrected chi connectivity index (χ4v) is 5.59. The quantitative estimate of drug-likeness (QED) is 0.239. The Morgan fingerprint density at radius 2 is 1.20 bits per heavy atom. The molecule has 0 spiro atoms. The van der Waals surface area contributed by atoms with Gasteiger partial charge < -0.3 is 4.42 Å². The van der Waals surface area contributed by atoms with Crippen LogP contribution in [0.1, 0.15) is 5.56 Å². The highest BCUT2D eigenvalue weighted by atomic mass is 16.3. The van der Waals surface area contributed by atoms with Gasteiger partial charge in [-0.25, -0.2) is 4.98 Å². The number of nitriles is 1. The van der Waals surface area contributed by atoms with Crippen LogP contribution in [0.3, 0.4) is 0 Å². The van der Waals surface area contributed by atoms with E-state index in [0.29, 0.717) is 34.3 Å². The van der Waals surface area contributed by atoms with Crippen LogP contribution in [0.15, 0.2) is 120 Å². The first-order valence-electron chi connectivity index (χ1n) is 12.9. The SMILES string of the molecule is N#Cc1cccc2oc3cccc(-c4nc(-c5ccccc5)nc(-n5c6ccccc6c6ccccc65)n4)c3c12. The number of fused-ring (bicyclic) bond motifs is 6. The van der Waals surface area contributed by atoms with Crippen molar-refractivity contribution in [2.24, 2.45) is 0 Å². The van der Waals surface area contributed by atoms with Gasteiger partial charge in [-0.3, -0.25) is 4.57 Å². The van der Waals surface area contributed by atoms with E-state index in [1.54, 1.807) is 6.07 Å². The van der Waals surface area contributed by atoms with Crippen LogP contribution in [-0.2, 0) is 0 Å². The summed E-state index contributed by atoms with van der Waals surface area (Å²) >= 11 is 0. The van der Waals surface area contributed by atoms with Gasteiger partial charge in [-0.05, 0) is 30.3 Å². The smallest absolute Gasteiger partial charge is 0.238 e. The highest BCUT2D eigenvalue weighted by molar-refractivity contribution is 6.14. The second-order valence-corrected chi connectivity index (χ2v) is 9.59. The van der Waals surface area contributed by atoms with Crippen molar-refractivity contribution >= 4 is 43.7 Å². The number of nitrogens with zero attached hydrogens (tertiary/aromatic N) is 5. The van der Waals surface area contributed by atoms with Crippen molar-refractivity contribution in [3.8, 4) is 34.8 Å². The van der Waals surface area contributed by atoms with Crippen molar-refractivity contribution in [1.29, 1.82) is 5.26 Å². The monoisotopic (exact) mass is 513 g/mol. The highest BCUT2D eigenvalue weighted by Gasteiger charge is 2.21. The second kappa shape index (κ2) is 8.62. The second-order valence-electron chi connectivity index (χ2n) is 9.59. The van der Waals surface area contributed by atoms with Crippen molar-refractivity contribution in [3.05, 3.63) is 121 Å². The first kappa shape index (κ1) is 22.2. The molecule has 0 fully saturated rings. The molecule has 8 rings (SSSR count). The molecule has 0 bridgehead atoms. The summed E-state index contributed by atoms with van der Waals surface area (Å²) in [5.74, 6) is 1.59. The lowest BCUT2D eigenvalue weighted by molar-refractivity contribution is 0.669. The summed E-state index contributed by atoms with van der Waals surface area (Å²) in [5.41, 5.74) is 5.56. The Kier molecular flexibility index (Phi) is 4.78. The summed E-state index contributed by atoms with van der Waals surface area (Å²) in [6, 6.07) is 40.1. The number of benzene rings is 5. The molecule has 5 aromatic carbocycles. The first-order chi connectivity index (χ1) is 19.8. The van der Waals surface area contributed by atoms with Gasteiger partial charge in [-0.1, -0.05) is 84.9 Å². The molecule has 40 heavy (non-hydrogen) atoms. The summed E-state index contributed by atoms with van der Waals surface area (Å²) in [4.78, 5) is 15.1. The Morgan fingerprint density at radius 1 is 0.575 bits per heavy atom. The Bertz CT molecular complexity index is 2240. The third-order valence-corrected chi connectivity index (χ3v) is 7.32. The lowest BCUT2D eigenvalue weighted by Gasteiger charge is -2.11. The van der Waals surface area contributed by atoms with Crippen LogP contribution in [0, 0.1) is 11.3 Å².